The average molecular weight is 289 g/mol. The number of hydrogen-bond acceptors (Lipinski definition) is 4. The lowest BCUT2D eigenvalue weighted by atomic mass is 10.1. The van der Waals surface area contributed by atoms with E-state index in [1.807, 2.05) is 18.2 Å². The summed E-state index contributed by atoms with van der Waals surface area (Å²) < 4.78 is 5.29. The fourth-order valence-corrected chi connectivity index (χ4v) is 2.80. The monoisotopic (exact) mass is 289 g/mol. The van der Waals surface area contributed by atoms with E-state index < -0.39 is 0 Å². The standard InChI is InChI=1S/C17H23NO3/c1-21-17-5-4-15(3-2-9-19)16(11-17)13-18-8-6-14(12-18)7-10-20/h4-5,11,14,19-20H,6-10,12-13H2,1H3. The lowest BCUT2D eigenvalue weighted by molar-refractivity contribution is 0.249. The Morgan fingerprint density at radius 1 is 1.38 bits per heavy atom. The zero-order chi connectivity index (χ0) is 15.1. The lowest BCUT2D eigenvalue weighted by Gasteiger charge is -2.17. The fourth-order valence-electron chi connectivity index (χ4n) is 2.80. The molecule has 1 aromatic rings. The highest BCUT2D eigenvalue weighted by atomic mass is 16.5. The van der Waals surface area contributed by atoms with Gasteiger partial charge in [0.25, 0.3) is 0 Å². The van der Waals surface area contributed by atoms with Crippen molar-refractivity contribution in [3.05, 3.63) is 29.3 Å². The minimum Gasteiger partial charge on any atom is -0.497 e. The SMILES string of the molecule is COc1ccc(C#CCO)c(CN2CCC(CCO)C2)c1. The molecule has 0 spiro atoms. The molecule has 114 valence electrons. The van der Waals surface area contributed by atoms with Crippen LogP contribution in [-0.4, -0.2) is 48.5 Å². The molecular formula is C17H23NO3. The number of rotatable bonds is 5. The van der Waals surface area contributed by atoms with Crippen molar-refractivity contribution in [2.24, 2.45) is 5.92 Å². The Labute approximate surface area is 126 Å². The molecule has 0 aromatic heterocycles. The van der Waals surface area contributed by atoms with Crippen LogP contribution in [0.15, 0.2) is 18.2 Å². The first-order chi connectivity index (χ1) is 10.3. The van der Waals surface area contributed by atoms with Crippen molar-refractivity contribution in [2.75, 3.05) is 33.4 Å². The Bertz CT molecular complexity index is 519. The summed E-state index contributed by atoms with van der Waals surface area (Å²) in [6.07, 6.45) is 2.02. The van der Waals surface area contributed by atoms with Crippen molar-refractivity contribution in [1.82, 2.24) is 4.90 Å². The van der Waals surface area contributed by atoms with Gasteiger partial charge in [-0.3, -0.25) is 4.90 Å². The molecule has 0 aliphatic carbocycles. The van der Waals surface area contributed by atoms with E-state index in [2.05, 4.69) is 16.7 Å². The molecule has 0 bridgehead atoms. The quantitative estimate of drug-likeness (QED) is 0.801. The van der Waals surface area contributed by atoms with Gasteiger partial charge in [-0.2, -0.15) is 0 Å². The number of methoxy groups -OCH3 is 1. The summed E-state index contributed by atoms with van der Waals surface area (Å²) in [5.41, 5.74) is 2.07. The van der Waals surface area contributed by atoms with E-state index in [0.717, 1.165) is 49.4 Å². The van der Waals surface area contributed by atoms with E-state index >= 15 is 0 Å². The van der Waals surface area contributed by atoms with E-state index in [1.165, 1.54) is 0 Å². The predicted molar refractivity (Wildman–Crippen MR) is 82.0 cm³/mol. The van der Waals surface area contributed by atoms with Gasteiger partial charge in [-0.15, -0.1) is 0 Å². The minimum absolute atomic E-state index is 0.131. The molecule has 1 aliphatic rings. The van der Waals surface area contributed by atoms with Gasteiger partial charge in [0.1, 0.15) is 12.4 Å². The maximum atomic E-state index is 9.04. The second-order valence-electron chi connectivity index (χ2n) is 5.39. The first-order valence-corrected chi connectivity index (χ1v) is 7.36. The molecule has 1 atom stereocenters. The second-order valence-corrected chi connectivity index (χ2v) is 5.39. The average Bonchev–Trinajstić information content (AvgIpc) is 2.93. The molecule has 1 heterocycles. The molecule has 0 saturated carbocycles. The third kappa shape index (κ3) is 4.47. The van der Waals surface area contributed by atoms with Crippen molar-refractivity contribution in [2.45, 2.75) is 19.4 Å². The Balaban J connectivity index is 2.10. The van der Waals surface area contributed by atoms with Gasteiger partial charge in [0.2, 0.25) is 0 Å². The van der Waals surface area contributed by atoms with Crippen molar-refractivity contribution >= 4 is 0 Å². The van der Waals surface area contributed by atoms with Crippen LogP contribution in [-0.2, 0) is 6.54 Å². The summed E-state index contributed by atoms with van der Waals surface area (Å²) in [5, 5.41) is 17.9. The van der Waals surface area contributed by atoms with Crippen LogP contribution in [0.2, 0.25) is 0 Å². The van der Waals surface area contributed by atoms with E-state index in [-0.39, 0.29) is 13.2 Å². The zero-order valence-corrected chi connectivity index (χ0v) is 12.5. The number of nitrogens with zero attached hydrogens (tertiary/aromatic N) is 1. The van der Waals surface area contributed by atoms with Crippen LogP contribution < -0.4 is 4.74 Å². The number of hydrogen-bond donors (Lipinski definition) is 2. The summed E-state index contributed by atoms with van der Waals surface area (Å²) in [4.78, 5) is 2.39. The normalized spacial score (nSPS) is 18.3. The van der Waals surface area contributed by atoms with Crippen LogP contribution >= 0.6 is 0 Å². The Morgan fingerprint density at radius 2 is 2.24 bits per heavy atom. The van der Waals surface area contributed by atoms with Gasteiger partial charge in [0.15, 0.2) is 0 Å². The summed E-state index contributed by atoms with van der Waals surface area (Å²) in [5.74, 6) is 7.13. The molecule has 1 fully saturated rings. The molecule has 2 rings (SSSR count). The molecule has 2 N–H and O–H groups in total. The van der Waals surface area contributed by atoms with Crippen LogP contribution in [0.25, 0.3) is 0 Å². The van der Waals surface area contributed by atoms with E-state index in [4.69, 9.17) is 14.9 Å². The molecule has 1 aromatic carbocycles. The van der Waals surface area contributed by atoms with Gasteiger partial charge in [-0.1, -0.05) is 11.8 Å². The zero-order valence-electron chi connectivity index (χ0n) is 12.5. The Morgan fingerprint density at radius 3 is 2.95 bits per heavy atom. The Kier molecular flexibility index (Phi) is 6.06. The number of likely N-dealkylation sites (tertiary alicyclic amines) is 1. The summed E-state index contributed by atoms with van der Waals surface area (Å²) in [7, 11) is 1.66. The second kappa shape index (κ2) is 8.04. The smallest absolute Gasteiger partial charge is 0.119 e. The fraction of sp³-hybridized carbons (Fsp3) is 0.529. The molecular weight excluding hydrogens is 266 g/mol. The van der Waals surface area contributed by atoms with E-state index in [0.29, 0.717) is 5.92 Å². The first-order valence-electron chi connectivity index (χ1n) is 7.36. The van der Waals surface area contributed by atoms with Gasteiger partial charge in [0.05, 0.1) is 7.11 Å². The highest BCUT2D eigenvalue weighted by Gasteiger charge is 2.22. The first kappa shape index (κ1) is 15.8. The summed E-state index contributed by atoms with van der Waals surface area (Å²) in [6, 6.07) is 5.85. The topological polar surface area (TPSA) is 52.9 Å². The predicted octanol–water partition coefficient (Wildman–Crippen LogP) is 1.24. The van der Waals surface area contributed by atoms with Gasteiger partial charge < -0.3 is 14.9 Å². The molecule has 4 nitrogen and oxygen atoms in total. The molecule has 21 heavy (non-hydrogen) atoms. The van der Waals surface area contributed by atoms with Crippen molar-refractivity contribution in [3.63, 3.8) is 0 Å². The summed E-state index contributed by atoms with van der Waals surface area (Å²) in [6.45, 7) is 3.03. The van der Waals surface area contributed by atoms with Crippen LogP contribution in [0.1, 0.15) is 24.0 Å². The van der Waals surface area contributed by atoms with Crippen LogP contribution in [0.4, 0.5) is 0 Å². The maximum absolute atomic E-state index is 9.04. The van der Waals surface area contributed by atoms with Gasteiger partial charge in [-0.25, -0.2) is 0 Å². The molecule has 0 radical (unpaired) electrons. The maximum Gasteiger partial charge on any atom is 0.119 e. The summed E-state index contributed by atoms with van der Waals surface area (Å²) >= 11 is 0. The van der Waals surface area contributed by atoms with Crippen molar-refractivity contribution in [3.8, 4) is 17.6 Å². The molecule has 1 unspecified atom stereocenters. The largest absolute Gasteiger partial charge is 0.497 e. The minimum atomic E-state index is -0.131. The van der Waals surface area contributed by atoms with Crippen LogP contribution in [0, 0.1) is 17.8 Å². The number of benzene rings is 1. The van der Waals surface area contributed by atoms with Crippen LogP contribution in [0.3, 0.4) is 0 Å². The van der Waals surface area contributed by atoms with Crippen molar-refractivity contribution in [1.29, 1.82) is 0 Å². The Hall–Kier alpha value is -1.54. The molecule has 1 aliphatic heterocycles. The molecule has 0 amide bonds. The molecule has 1 saturated heterocycles. The van der Waals surface area contributed by atoms with Gasteiger partial charge in [-0.05, 0) is 49.1 Å². The van der Waals surface area contributed by atoms with E-state index in [1.54, 1.807) is 7.11 Å². The lowest BCUT2D eigenvalue weighted by Crippen LogP contribution is -2.21. The number of ether oxygens (including phenoxy) is 1. The van der Waals surface area contributed by atoms with E-state index in [9.17, 15) is 0 Å². The van der Waals surface area contributed by atoms with Gasteiger partial charge in [0, 0.05) is 25.3 Å². The highest BCUT2D eigenvalue weighted by molar-refractivity contribution is 5.45. The third-order valence-corrected chi connectivity index (χ3v) is 3.92. The van der Waals surface area contributed by atoms with Gasteiger partial charge >= 0.3 is 0 Å². The number of aliphatic hydroxyl groups is 2. The molecule has 4 heteroatoms. The highest BCUT2D eigenvalue weighted by Crippen LogP contribution is 2.24. The van der Waals surface area contributed by atoms with Crippen molar-refractivity contribution < 1.29 is 14.9 Å². The number of aliphatic hydroxyl groups excluding tert-OH is 2. The third-order valence-electron chi connectivity index (χ3n) is 3.92. The van der Waals surface area contributed by atoms with Crippen LogP contribution in [0.5, 0.6) is 5.75 Å².